The van der Waals surface area contributed by atoms with Gasteiger partial charge in [0.2, 0.25) is 5.13 Å². The van der Waals surface area contributed by atoms with Crippen LogP contribution in [0.3, 0.4) is 0 Å². The maximum absolute atomic E-state index is 3.99. The van der Waals surface area contributed by atoms with Crippen molar-refractivity contribution in [3.05, 3.63) is 21.4 Å². The van der Waals surface area contributed by atoms with Crippen molar-refractivity contribution < 1.29 is 0 Å². The van der Waals surface area contributed by atoms with Gasteiger partial charge in [-0.15, -0.1) is 10.2 Å². The van der Waals surface area contributed by atoms with E-state index in [1.807, 2.05) is 13.1 Å². The van der Waals surface area contributed by atoms with Gasteiger partial charge >= 0.3 is 0 Å². The number of hydrogen-bond donors (Lipinski definition) is 2. The molecule has 0 radical (unpaired) electrons. The van der Waals surface area contributed by atoms with Gasteiger partial charge in [-0.3, -0.25) is 5.10 Å². The quantitative estimate of drug-likeness (QED) is 0.832. The minimum atomic E-state index is 0.806. The van der Waals surface area contributed by atoms with Crippen LogP contribution in [0.5, 0.6) is 0 Å². The van der Waals surface area contributed by atoms with E-state index < -0.39 is 0 Å². The standard InChI is InChI=1S/C9H12BrN5S/c1-6-7(5-12-13-6)3-2-4-11-9-15-14-8(10)16-9/h5H,2-4H2,1H3,(H,11,15)(H,12,13). The Morgan fingerprint density at radius 1 is 1.50 bits per heavy atom. The molecule has 0 aliphatic heterocycles. The van der Waals surface area contributed by atoms with E-state index in [1.165, 1.54) is 16.9 Å². The highest BCUT2D eigenvalue weighted by Gasteiger charge is 2.02. The lowest BCUT2D eigenvalue weighted by molar-refractivity contribution is 0.853. The molecule has 2 aromatic rings. The molecule has 16 heavy (non-hydrogen) atoms. The lowest BCUT2D eigenvalue weighted by atomic mass is 10.1. The fraction of sp³-hybridized carbons (Fsp3) is 0.444. The Kier molecular flexibility index (Phi) is 3.89. The third kappa shape index (κ3) is 3.02. The molecule has 0 amide bonds. The van der Waals surface area contributed by atoms with Gasteiger partial charge in [0.05, 0.1) is 6.20 Å². The number of halogens is 1. The maximum Gasteiger partial charge on any atom is 0.206 e. The number of aromatic nitrogens is 4. The predicted molar refractivity (Wildman–Crippen MR) is 67.7 cm³/mol. The highest BCUT2D eigenvalue weighted by atomic mass is 79.9. The molecule has 0 fully saturated rings. The Bertz CT molecular complexity index is 452. The highest BCUT2D eigenvalue weighted by molar-refractivity contribution is 9.11. The molecule has 2 aromatic heterocycles. The Morgan fingerprint density at radius 2 is 2.38 bits per heavy atom. The summed E-state index contributed by atoms with van der Waals surface area (Å²) in [5.74, 6) is 0. The minimum absolute atomic E-state index is 0.806. The minimum Gasteiger partial charge on any atom is -0.360 e. The van der Waals surface area contributed by atoms with Crippen molar-refractivity contribution in [2.24, 2.45) is 0 Å². The number of aryl methyl sites for hydroxylation is 2. The van der Waals surface area contributed by atoms with Crippen molar-refractivity contribution in [2.45, 2.75) is 19.8 Å². The second-order valence-electron chi connectivity index (χ2n) is 3.41. The number of nitrogens with zero attached hydrogens (tertiary/aromatic N) is 3. The summed E-state index contributed by atoms with van der Waals surface area (Å²) in [6, 6.07) is 0. The summed E-state index contributed by atoms with van der Waals surface area (Å²) in [5.41, 5.74) is 2.43. The molecule has 0 saturated carbocycles. The first-order valence-electron chi connectivity index (χ1n) is 4.97. The van der Waals surface area contributed by atoms with Gasteiger partial charge in [-0.2, -0.15) is 5.10 Å². The monoisotopic (exact) mass is 301 g/mol. The summed E-state index contributed by atoms with van der Waals surface area (Å²) in [6.07, 6.45) is 3.96. The van der Waals surface area contributed by atoms with E-state index in [0.29, 0.717) is 0 Å². The molecule has 0 spiro atoms. The third-order valence-electron chi connectivity index (χ3n) is 2.23. The first-order chi connectivity index (χ1) is 7.75. The van der Waals surface area contributed by atoms with Crippen LogP contribution in [0.15, 0.2) is 10.1 Å². The van der Waals surface area contributed by atoms with Gasteiger partial charge in [0.15, 0.2) is 3.92 Å². The number of hydrogen-bond acceptors (Lipinski definition) is 5. The summed E-state index contributed by atoms with van der Waals surface area (Å²) in [7, 11) is 0. The normalized spacial score (nSPS) is 10.6. The van der Waals surface area contributed by atoms with Crippen LogP contribution >= 0.6 is 27.3 Å². The highest BCUT2D eigenvalue weighted by Crippen LogP contribution is 2.19. The van der Waals surface area contributed by atoms with Crippen molar-refractivity contribution in [3.63, 3.8) is 0 Å². The zero-order valence-electron chi connectivity index (χ0n) is 8.83. The van der Waals surface area contributed by atoms with E-state index in [9.17, 15) is 0 Å². The Labute approximate surface area is 106 Å². The van der Waals surface area contributed by atoms with Crippen molar-refractivity contribution in [2.75, 3.05) is 11.9 Å². The summed E-state index contributed by atoms with van der Waals surface area (Å²) >= 11 is 4.78. The van der Waals surface area contributed by atoms with Gasteiger partial charge in [0, 0.05) is 12.2 Å². The van der Waals surface area contributed by atoms with Crippen LogP contribution in [0.1, 0.15) is 17.7 Å². The second kappa shape index (κ2) is 5.40. The van der Waals surface area contributed by atoms with Crippen molar-refractivity contribution in [3.8, 4) is 0 Å². The summed E-state index contributed by atoms with van der Waals surface area (Å²) in [6.45, 7) is 2.93. The van der Waals surface area contributed by atoms with Crippen LogP contribution in [-0.2, 0) is 6.42 Å². The van der Waals surface area contributed by atoms with Crippen molar-refractivity contribution in [1.29, 1.82) is 0 Å². The molecule has 0 atom stereocenters. The van der Waals surface area contributed by atoms with E-state index in [0.717, 1.165) is 34.1 Å². The first-order valence-corrected chi connectivity index (χ1v) is 6.58. The molecule has 0 aromatic carbocycles. The van der Waals surface area contributed by atoms with Crippen molar-refractivity contribution in [1.82, 2.24) is 20.4 Å². The molecule has 0 aliphatic carbocycles. The topological polar surface area (TPSA) is 66.5 Å². The number of H-pyrrole nitrogens is 1. The van der Waals surface area contributed by atoms with Crippen LogP contribution < -0.4 is 5.32 Å². The van der Waals surface area contributed by atoms with Gasteiger partial charge in [-0.25, -0.2) is 0 Å². The Hall–Kier alpha value is -0.950. The van der Waals surface area contributed by atoms with Gasteiger partial charge in [-0.1, -0.05) is 11.3 Å². The van der Waals surface area contributed by atoms with Gasteiger partial charge < -0.3 is 5.32 Å². The largest absolute Gasteiger partial charge is 0.360 e. The van der Waals surface area contributed by atoms with E-state index >= 15 is 0 Å². The Morgan fingerprint density at radius 3 is 3.00 bits per heavy atom. The van der Waals surface area contributed by atoms with E-state index in [1.54, 1.807) is 0 Å². The molecule has 0 bridgehead atoms. The van der Waals surface area contributed by atoms with Crippen molar-refractivity contribution >= 4 is 32.4 Å². The number of nitrogens with one attached hydrogen (secondary N) is 2. The number of anilines is 1. The average molecular weight is 302 g/mol. The summed E-state index contributed by atoms with van der Waals surface area (Å²) in [5, 5.41) is 18.8. The molecule has 0 aliphatic rings. The lowest BCUT2D eigenvalue weighted by Gasteiger charge is -2.01. The smallest absolute Gasteiger partial charge is 0.206 e. The van der Waals surface area contributed by atoms with Gasteiger partial charge in [-0.05, 0) is 41.3 Å². The molecule has 2 heterocycles. The zero-order chi connectivity index (χ0) is 11.4. The summed E-state index contributed by atoms with van der Waals surface area (Å²) < 4.78 is 0.806. The molecule has 0 saturated heterocycles. The van der Waals surface area contributed by atoms with E-state index in [2.05, 4.69) is 41.6 Å². The summed E-state index contributed by atoms with van der Waals surface area (Å²) in [4.78, 5) is 0. The molecule has 2 N–H and O–H groups in total. The molecule has 86 valence electrons. The lowest BCUT2D eigenvalue weighted by Crippen LogP contribution is -2.02. The SMILES string of the molecule is Cc1[nH]ncc1CCCNc1nnc(Br)s1. The molecule has 2 rings (SSSR count). The average Bonchev–Trinajstić information content (AvgIpc) is 2.83. The fourth-order valence-corrected chi connectivity index (χ4v) is 2.41. The van der Waals surface area contributed by atoms with Crippen LogP contribution in [0.4, 0.5) is 5.13 Å². The van der Waals surface area contributed by atoms with E-state index in [-0.39, 0.29) is 0 Å². The number of aromatic amines is 1. The third-order valence-corrected chi connectivity index (χ3v) is 3.55. The van der Waals surface area contributed by atoms with Crippen LogP contribution in [0.2, 0.25) is 0 Å². The molecule has 7 heteroatoms. The van der Waals surface area contributed by atoms with Crippen LogP contribution in [0, 0.1) is 6.92 Å². The first kappa shape index (κ1) is 11.5. The molecule has 0 unspecified atom stereocenters. The second-order valence-corrected chi connectivity index (χ2v) is 5.66. The number of rotatable bonds is 5. The van der Waals surface area contributed by atoms with Gasteiger partial charge in [0.1, 0.15) is 0 Å². The van der Waals surface area contributed by atoms with E-state index in [4.69, 9.17) is 0 Å². The fourth-order valence-electron chi connectivity index (χ4n) is 1.38. The zero-order valence-corrected chi connectivity index (χ0v) is 11.2. The van der Waals surface area contributed by atoms with Gasteiger partial charge in [0.25, 0.3) is 0 Å². The van der Waals surface area contributed by atoms with Crippen LogP contribution in [0.25, 0.3) is 0 Å². The Balaban J connectivity index is 1.71. The predicted octanol–water partition coefficient (Wildman–Crippen LogP) is 2.38. The molecular weight excluding hydrogens is 290 g/mol. The van der Waals surface area contributed by atoms with Crippen LogP contribution in [-0.4, -0.2) is 26.9 Å². The molecular formula is C9H12BrN5S. The maximum atomic E-state index is 3.99. The molecule has 5 nitrogen and oxygen atoms in total.